The lowest BCUT2D eigenvalue weighted by atomic mass is 9.66. The lowest BCUT2D eigenvalue weighted by Crippen LogP contribution is -2.56. The fraction of sp³-hybridized carbons (Fsp3) is 0.618. The molecule has 3 aliphatic rings. The smallest absolute Gasteiger partial charge is 0.247 e. The molecule has 5 atom stereocenters. The number of thioether (sulfide) groups is 1. The van der Waals surface area contributed by atoms with E-state index in [1.165, 1.54) is 0 Å². The van der Waals surface area contributed by atoms with Crippen molar-refractivity contribution in [1.82, 2.24) is 9.80 Å². The van der Waals surface area contributed by atoms with Crippen LogP contribution in [0.25, 0.3) is 0 Å². The average molecular weight is 612 g/mol. The third-order valence-electron chi connectivity index (χ3n) is 9.35. The zero-order valence-corrected chi connectivity index (χ0v) is 27.1. The molecule has 3 heterocycles. The van der Waals surface area contributed by atoms with Gasteiger partial charge in [-0.1, -0.05) is 25.0 Å². The summed E-state index contributed by atoms with van der Waals surface area (Å²) in [5, 5.41) is 9.21. The van der Waals surface area contributed by atoms with Crippen molar-refractivity contribution in [2.24, 2.45) is 11.8 Å². The first kappa shape index (κ1) is 33.1. The van der Waals surface area contributed by atoms with E-state index in [9.17, 15) is 19.5 Å². The Bertz CT molecular complexity index is 1190. The van der Waals surface area contributed by atoms with Crippen LogP contribution in [0, 0.1) is 11.8 Å². The maximum absolute atomic E-state index is 14.6. The van der Waals surface area contributed by atoms with Gasteiger partial charge in [-0.25, -0.2) is 0 Å². The highest BCUT2D eigenvalue weighted by atomic mass is 32.2. The number of aliphatic hydroxyl groups excluding tert-OH is 1. The highest BCUT2D eigenvalue weighted by Crippen LogP contribution is 2.71. The topological polar surface area (TPSA) is 90.4 Å². The minimum Gasteiger partial charge on any atom is -0.494 e. The summed E-state index contributed by atoms with van der Waals surface area (Å²) < 4.78 is 4.48. The zero-order chi connectivity index (χ0) is 31.4. The summed E-state index contributed by atoms with van der Waals surface area (Å²) in [7, 11) is 0. The molecule has 3 fully saturated rings. The number of likely N-dealkylation sites (tertiary alicyclic amines) is 1. The molecule has 0 saturated carbocycles. The molecule has 0 aromatic heterocycles. The number of unbranched alkanes of at least 4 members (excludes halogenated alkanes) is 3. The molecular weight excluding hydrogens is 562 g/mol. The van der Waals surface area contributed by atoms with Gasteiger partial charge in [-0.05, 0) is 77.6 Å². The molecule has 1 spiro atoms. The Morgan fingerprint density at radius 1 is 1.09 bits per heavy atom. The van der Waals surface area contributed by atoms with Crippen LogP contribution in [0.15, 0.2) is 49.6 Å². The number of amides is 3. The van der Waals surface area contributed by atoms with Gasteiger partial charge < -0.3 is 24.5 Å². The second-order valence-electron chi connectivity index (χ2n) is 12.4. The highest BCUT2D eigenvalue weighted by Gasteiger charge is 2.77. The average Bonchev–Trinajstić information content (AvgIpc) is 3.55. The summed E-state index contributed by atoms with van der Waals surface area (Å²) >= 11 is 1.70. The SMILES string of the molecule is C=CCN(C(=O)[C@H]1[C@H]2C(=O)N(CCCCCCO)C(C(=O)N(CC=C)C(C)C)C23CC[C@]1(C)S3)c1ccc(OCC)cc1. The second kappa shape index (κ2) is 13.9. The Morgan fingerprint density at radius 2 is 1.77 bits per heavy atom. The highest BCUT2D eigenvalue weighted by molar-refractivity contribution is 8.02. The van der Waals surface area contributed by atoms with Crippen LogP contribution in [-0.4, -0.2) is 87.1 Å². The number of aliphatic hydroxyl groups is 1. The van der Waals surface area contributed by atoms with E-state index in [1.54, 1.807) is 33.7 Å². The summed E-state index contributed by atoms with van der Waals surface area (Å²) in [6.07, 6.45) is 8.13. The molecular formula is C34H49N3O5S. The molecule has 1 aromatic carbocycles. The molecule has 236 valence electrons. The van der Waals surface area contributed by atoms with Crippen LogP contribution >= 0.6 is 11.8 Å². The fourth-order valence-electron chi connectivity index (χ4n) is 7.43. The van der Waals surface area contributed by atoms with E-state index in [0.29, 0.717) is 26.2 Å². The lowest BCUT2D eigenvalue weighted by Gasteiger charge is -2.39. The first-order valence-corrected chi connectivity index (χ1v) is 16.6. The first-order valence-electron chi connectivity index (χ1n) is 15.8. The predicted molar refractivity (Wildman–Crippen MR) is 173 cm³/mol. The Morgan fingerprint density at radius 3 is 2.37 bits per heavy atom. The summed E-state index contributed by atoms with van der Waals surface area (Å²) in [6.45, 7) is 17.7. The molecule has 2 unspecified atom stereocenters. The number of fused-ring (bicyclic) bond motifs is 1. The van der Waals surface area contributed by atoms with Crippen LogP contribution < -0.4 is 9.64 Å². The first-order chi connectivity index (χ1) is 20.6. The number of nitrogens with zero attached hydrogens (tertiary/aromatic N) is 3. The van der Waals surface area contributed by atoms with Crippen molar-refractivity contribution >= 4 is 35.2 Å². The Balaban J connectivity index is 1.72. The van der Waals surface area contributed by atoms with E-state index in [4.69, 9.17) is 4.74 Å². The summed E-state index contributed by atoms with van der Waals surface area (Å²) in [5.74, 6) is -0.644. The summed E-state index contributed by atoms with van der Waals surface area (Å²) in [6, 6.07) is 6.78. The normalized spacial score (nSPS) is 27.3. The summed E-state index contributed by atoms with van der Waals surface area (Å²) in [4.78, 5) is 48.9. The molecule has 9 heteroatoms. The molecule has 3 aliphatic heterocycles. The van der Waals surface area contributed by atoms with E-state index in [2.05, 4.69) is 20.1 Å². The third-order valence-corrected chi connectivity index (χ3v) is 11.3. The number of rotatable bonds is 16. The minimum atomic E-state index is -0.665. The second-order valence-corrected chi connectivity index (χ2v) is 14.3. The van der Waals surface area contributed by atoms with Gasteiger partial charge in [0.15, 0.2) is 0 Å². The molecule has 8 nitrogen and oxygen atoms in total. The Hall–Kier alpha value is -2.78. The van der Waals surface area contributed by atoms with E-state index < -0.39 is 27.4 Å². The number of anilines is 1. The number of hydrogen-bond acceptors (Lipinski definition) is 6. The van der Waals surface area contributed by atoms with Gasteiger partial charge in [-0.3, -0.25) is 14.4 Å². The van der Waals surface area contributed by atoms with E-state index >= 15 is 0 Å². The predicted octanol–water partition coefficient (Wildman–Crippen LogP) is 5.06. The third kappa shape index (κ3) is 6.12. The Kier molecular flexibility index (Phi) is 10.7. The number of hydrogen-bond donors (Lipinski definition) is 1. The fourth-order valence-corrected chi connectivity index (χ4v) is 9.77. The number of ether oxygens (including phenoxy) is 1. The number of carbonyl (C=O) groups excluding carboxylic acids is 3. The van der Waals surface area contributed by atoms with Crippen LogP contribution in [0.5, 0.6) is 5.75 Å². The van der Waals surface area contributed by atoms with Gasteiger partial charge in [0.1, 0.15) is 11.8 Å². The van der Waals surface area contributed by atoms with E-state index in [0.717, 1.165) is 50.0 Å². The van der Waals surface area contributed by atoms with Crippen LogP contribution in [0.3, 0.4) is 0 Å². The minimum absolute atomic E-state index is 0.0539. The van der Waals surface area contributed by atoms with Crippen molar-refractivity contribution in [2.75, 3.05) is 37.7 Å². The van der Waals surface area contributed by atoms with Crippen molar-refractivity contribution in [3.05, 3.63) is 49.6 Å². The van der Waals surface area contributed by atoms with Gasteiger partial charge >= 0.3 is 0 Å². The summed E-state index contributed by atoms with van der Waals surface area (Å²) in [5.41, 5.74) is 0.731. The van der Waals surface area contributed by atoms with Crippen molar-refractivity contribution in [1.29, 1.82) is 0 Å². The van der Waals surface area contributed by atoms with E-state index in [-0.39, 0.29) is 30.4 Å². The largest absolute Gasteiger partial charge is 0.494 e. The standard InChI is InChI=1S/C34H49N3O5S/c1-7-20-35(24(4)5)32(41)29-34-19-18-33(6,43-34)27(28(34)31(40)37(29)22-12-10-11-13-23-38)30(39)36(21-8-2)25-14-16-26(17-15-25)42-9-3/h7-8,14-17,24,27-29,38H,1-2,9-13,18-23H2,3-6H3/t27-,28+,29?,33+,34?/m1/s1. The van der Waals surface area contributed by atoms with Gasteiger partial charge in [0.25, 0.3) is 0 Å². The van der Waals surface area contributed by atoms with Crippen molar-refractivity contribution in [3.8, 4) is 5.75 Å². The monoisotopic (exact) mass is 611 g/mol. The molecule has 0 aliphatic carbocycles. The van der Waals surface area contributed by atoms with Gasteiger partial charge in [0.2, 0.25) is 17.7 Å². The quantitative estimate of drug-likeness (QED) is 0.208. The molecule has 0 radical (unpaired) electrons. The maximum Gasteiger partial charge on any atom is 0.247 e. The van der Waals surface area contributed by atoms with Gasteiger partial charge in [-0.2, -0.15) is 0 Å². The van der Waals surface area contributed by atoms with Crippen molar-refractivity contribution in [2.45, 2.75) is 87.8 Å². The molecule has 3 saturated heterocycles. The van der Waals surface area contributed by atoms with Crippen molar-refractivity contribution < 1.29 is 24.2 Å². The molecule has 43 heavy (non-hydrogen) atoms. The Labute approximate surface area is 261 Å². The number of benzene rings is 1. The lowest BCUT2D eigenvalue weighted by molar-refractivity contribution is -0.143. The van der Waals surface area contributed by atoms with Crippen LogP contribution in [-0.2, 0) is 14.4 Å². The van der Waals surface area contributed by atoms with Crippen LogP contribution in [0.2, 0.25) is 0 Å². The van der Waals surface area contributed by atoms with Crippen LogP contribution in [0.1, 0.15) is 66.2 Å². The zero-order valence-electron chi connectivity index (χ0n) is 26.3. The molecule has 1 N–H and O–H groups in total. The molecule has 4 rings (SSSR count). The number of carbonyl (C=O) groups is 3. The van der Waals surface area contributed by atoms with Gasteiger partial charge in [-0.15, -0.1) is 24.9 Å². The molecule has 2 bridgehead atoms. The van der Waals surface area contributed by atoms with Crippen LogP contribution in [0.4, 0.5) is 5.69 Å². The van der Waals surface area contributed by atoms with Crippen molar-refractivity contribution in [3.63, 3.8) is 0 Å². The van der Waals surface area contributed by atoms with Gasteiger partial charge in [0.05, 0.1) is 23.2 Å². The molecule has 3 amide bonds. The maximum atomic E-state index is 14.6. The molecule has 1 aromatic rings. The van der Waals surface area contributed by atoms with E-state index in [1.807, 2.05) is 49.9 Å². The van der Waals surface area contributed by atoms with Gasteiger partial charge in [0, 0.05) is 42.7 Å².